The van der Waals surface area contributed by atoms with E-state index in [0.717, 1.165) is 12.4 Å². The van der Waals surface area contributed by atoms with Crippen molar-refractivity contribution in [3.05, 3.63) is 44.0 Å². The Bertz CT molecular complexity index is 486. The maximum Gasteiger partial charge on any atom is 0.279 e. The lowest BCUT2D eigenvalue weighted by atomic mass is 9.97. The van der Waals surface area contributed by atoms with E-state index in [1.54, 1.807) is 6.92 Å². The van der Waals surface area contributed by atoms with Crippen molar-refractivity contribution >= 4 is 17.7 Å². The molecule has 0 saturated carbocycles. The van der Waals surface area contributed by atoms with Gasteiger partial charge in [0.25, 0.3) is 11.4 Å². The molecule has 0 heterocycles. The highest BCUT2D eigenvalue weighted by Crippen LogP contribution is 2.26. The highest BCUT2D eigenvalue weighted by Gasteiger charge is 2.21. The molecule has 0 amide bonds. The fourth-order valence-corrected chi connectivity index (χ4v) is 1.58. The lowest BCUT2D eigenvalue weighted by molar-refractivity contribution is -0.394. The van der Waals surface area contributed by atoms with E-state index in [0.29, 0.717) is 12.0 Å². The second-order valence-electron chi connectivity index (χ2n) is 3.84. The summed E-state index contributed by atoms with van der Waals surface area (Å²) in [4.78, 5) is 30.8. The summed E-state index contributed by atoms with van der Waals surface area (Å²) in [5.74, 6) is -0.315. The molecule has 0 bridgehead atoms. The molecule has 7 nitrogen and oxygen atoms in total. The SMILES string of the molecule is CC[C@@H](C=O)Cc1ccc([N+](=O)[O-])cc1[N+](=O)[O-]. The minimum absolute atomic E-state index is 0.217. The molecule has 1 rings (SSSR count). The molecule has 0 spiro atoms. The number of nitrogens with zero attached hydrogens (tertiary/aromatic N) is 2. The van der Waals surface area contributed by atoms with Crippen molar-refractivity contribution in [3.8, 4) is 0 Å². The van der Waals surface area contributed by atoms with E-state index in [4.69, 9.17) is 0 Å². The van der Waals surface area contributed by atoms with Crippen LogP contribution in [0.5, 0.6) is 0 Å². The van der Waals surface area contributed by atoms with Crippen LogP contribution in [0.3, 0.4) is 0 Å². The summed E-state index contributed by atoms with van der Waals surface area (Å²) in [6.07, 6.45) is 1.52. The van der Waals surface area contributed by atoms with Crippen LogP contribution in [-0.4, -0.2) is 16.1 Å². The molecule has 0 saturated heterocycles. The minimum Gasteiger partial charge on any atom is -0.303 e. The fraction of sp³-hybridized carbons (Fsp3) is 0.364. The van der Waals surface area contributed by atoms with Gasteiger partial charge in [-0.3, -0.25) is 20.2 Å². The number of hydrogen-bond acceptors (Lipinski definition) is 5. The summed E-state index contributed by atoms with van der Waals surface area (Å²) < 4.78 is 0. The monoisotopic (exact) mass is 252 g/mol. The number of hydrogen-bond donors (Lipinski definition) is 0. The minimum atomic E-state index is -0.687. The summed E-state index contributed by atoms with van der Waals surface area (Å²) >= 11 is 0. The first kappa shape index (κ1) is 13.8. The average molecular weight is 252 g/mol. The molecule has 1 aromatic carbocycles. The summed E-state index contributed by atoms with van der Waals surface area (Å²) in [5, 5.41) is 21.4. The zero-order valence-corrected chi connectivity index (χ0v) is 9.74. The molecular weight excluding hydrogens is 240 g/mol. The lowest BCUT2D eigenvalue weighted by Crippen LogP contribution is -2.07. The highest BCUT2D eigenvalue weighted by atomic mass is 16.6. The predicted octanol–water partition coefficient (Wildman–Crippen LogP) is 2.27. The van der Waals surface area contributed by atoms with Gasteiger partial charge in [0.05, 0.1) is 15.9 Å². The standard InChI is InChI=1S/C11H12N2O5/c1-2-8(7-14)5-9-3-4-10(12(15)16)6-11(9)13(17)18/h3-4,6-8H,2,5H2,1H3/t8-/m1/s1. The van der Waals surface area contributed by atoms with Gasteiger partial charge in [-0.25, -0.2) is 0 Å². The first-order valence-electron chi connectivity index (χ1n) is 5.36. The number of nitro groups is 2. The molecule has 0 aliphatic carbocycles. The fourth-order valence-electron chi connectivity index (χ4n) is 1.58. The first-order valence-corrected chi connectivity index (χ1v) is 5.36. The van der Waals surface area contributed by atoms with E-state index in [-0.39, 0.29) is 23.7 Å². The van der Waals surface area contributed by atoms with E-state index in [1.807, 2.05) is 0 Å². The van der Waals surface area contributed by atoms with Crippen LogP contribution in [0.4, 0.5) is 11.4 Å². The smallest absolute Gasteiger partial charge is 0.279 e. The van der Waals surface area contributed by atoms with Gasteiger partial charge in [0.1, 0.15) is 6.29 Å². The van der Waals surface area contributed by atoms with Crippen LogP contribution < -0.4 is 0 Å². The Hall–Kier alpha value is -2.31. The summed E-state index contributed by atoms with van der Waals surface area (Å²) in [6, 6.07) is 3.47. The first-order chi connectivity index (χ1) is 8.49. The molecule has 0 radical (unpaired) electrons. The Labute approximate surface area is 103 Å². The molecule has 0 N–H and O–H groups in total. The van der Waals surface area contributed by atoms with Gasteiger partial charge in [0.2, 0.25) is 0 Å². The Balaban J connectivity index is 3.15. The Morgan fingerprint density at radius 3 is 2.39 bits per heavy atom. The van der Waals surface area contributed by atoms with Gasteiger partial charge in [-0.15, -0.1) is 0 Å². The van der Waals surface area contributed by atoms with Crippen molar-refractivity contribution in [1.29, 1.82) is 0 Å². The molecule has 7 heteroatoms. The number of rotatable bonds is 6. The maximum absolute atomic E-state index is 10.8. The third-order valence-corrected chi connectivity index (χ3v) is 2.68. The van der Waals surface area contributed by atoms with Crippen molar-refractivity contribution in [2.75, 3.05) is 0 Å². The second kappa shape index (κ2) is 5.85. The number of carbonyl (C=O) groups is 1. The normalized spacial score (nSPS) is 11.8. The molecule has 0 unspecified atom stereocenters. The zero-order valence-electron chi connectivity index (χ0n) is 9.74. The van der Waals surface area contributed by atoms with Crippen molar-refractivity contribution in [2.24, 2.45) is 5.92 Å². The number of nitro benzene ring substituents is 2. The number of benzene rings is 1. The van der Waals surface area contributed by atoms with Gasteiger partial charge in [-0.2, -0.15) is 0 Å². The average Bonchev–Trinajstić information content (AvgIpc) is 2.35. The molecule has 1 atom stereocenters. The quantitative estimate of drug-likeness (QED) is 0.438. The summed E-state index contributed by atoms with van der Waals surface area (Å²) in [5.41, 5.74) is -0.307. The van der Waals surface area contributed by atoms with Crippen molar-refractivity contribution in [2.45, 2.75) is 19.8 Å². The molecule has 1 aromatic rings. The van der Waals surface area contributed by atoms with Gasteiger partial charge < -0.3 is 4.79 Å². The molecule has 0 aromatic heterocycles. The van der Waals surface area contributed by atoms with E-state index in [9.17, 15) is 25.0 Å². The molecule has 0 aliphatic rings. The van der Waals surface area contributed by atoms with Gasteiger partial charge >= 0.3 is 0 Å². The third-order valence-electron chi connectivity index (χ3n) is 2.68. The van der Waals surface area contributed by atoms with Gasteiger partial charge in [-0.05, 0) is 18.9 Å². The highest BCUT2D eigenvalue weighted by molar-refractivity contribution is 5.56. The van der Waals surface area contributed by atoms with Gasteiger partial charge in [-0.1, -0.05) is 6.92 Å². The van der Waals surface area contributed by atoms with Crippen LogP contribution in [0, 0.1) is 26.1 Å². The Kier molecular flexibility index (Phi) is 4.47. The van der Waals surface area contributed by atoms with Gasteiger partial charge in [0.15, 0.2) is 0 Å². The number of carbonyl (C=O) groups excluding carboxylic acids is 1. The summed E-state index contributed by atoms with van der Waals surface area (Å²) in [7, 11) is 0. The molecule has 18 heavy (non-hydrogen) atoms. The molecule has 96 valence electrons. The van der Waals surface area contributed by atoms with Crippen LogP contribution >= 0.6 is 0 Å². The molecular formula is C11H12N2O5. The van der Waals surface area contributed by atoms with Crippen molar-refractivity contribution in [3.63, 3.8) is 0 Å². The van der Waals surface area contributed by atoms with E-state index in [1.165, 1.54) is 12.1 Å². The van der Waals surface area contributed by atoms with Crippen LogP contribution in [0.1, 0.15) is 18.9 Å². The topological polar surface area (TPSA) is 103 Å². The largest absolute Gasteiger partial charge is 0.303 e. The lowest BCUT2D eigenvalue weighted by Gasteiger charge is -2.07. The van der Waals surface area contributed by atoms with E-state index < -0.39 is 9.85 Å². The molecule has 0 aliphatic heterocycles. The second-order valence-corrected chi connectivity index (χ2v) is 3.84. The number of aldehydes is 1. The van der Waals surface area contributed by atoms with E-state index in [2.05, 4.69) is 0 Å². The van der Waals surface area contributed by atoms with Gasteiger partial charge in [0, 0.05) is 17.5 Å². The van der Waals surface area contributed by atoms with Crippen molar-refractivity contribution in [1.82, 2.24) is 0 Å². The maximum atomic E-state index is 10.8. The zero-order chi connectivity index (χ0) is 13.7. The van der Waals surface area contributed by atoms with Crippen LogP contribution in [0.15, 0.2) is 18.2 Å². The Morgan fingerprint density at radius 2 is 1.94 bits per heavy atom. The van der Waals surface area contributed by atoms with Crippen molar-refractivity contribution < 1.29 is 14.6 Å². The molecule has 0 fully saturated rings. The third kappa shape index (κ3) is 3.09. The Morgan fingerprint density at radius 1 is 1.28 bits per heavy atom. The van der Waals surface area contributed by atoms with Crippen LogP contribution in [0.25, 0.3) is 0 Å². The predicted molar refractivity (Wildman–Crippen MR) is 63.3 cm³/mol. The van der Waals surface area contributed by atoms with E-state index >= 15 is 0 Å². The van der Waals surface area contributed by atoms with Crippen LogP contribution in [-0.2, 0) is 11.2 Å². The number of non-ortho nitro benzene ring substituents is 1. The van der Waals surface area contributed by atoms with Crippen LogP contribution in [0.2, 0.25) is 0 Å². The summed E-state index contributed by atoms with van der Waals surface area (Å²) in [6.45, 7) is 1.80.